The standard InChI is InChI=1S/C18H22N2O3/c1-2-22-17-4-3-12-20(14-17)18(21)10-7-15-5-8-16(9-6-15)23-13-11-19/h5-10,17H,2-4,12-14H2,1H3. The third-order valence-electron chi connectivity index (χ3n) is 3.69. The molecule has 1 fully saturated rings. The second-order valence-corrected chi connectivity index (χ2v) is 5.35. The molecule has 23 heavy (non-hydrogen) atoms. The molecule has 1 aliphatic heterocycles. The fourth-order valence-electron chi connectivity index (χ4n) is 2.57. The SMILES string of the molecule is CCOC1CCCN(C(=O)C=Cc2ccc(OCC#N)cc2)C1. The molecule has 0 N–H and O–H groups in total. The molecule has 2 rings (SSSR count). The number of likely N-dealkylation sites (tertiary alicyclic amines) is 1. The number of hydrogen-bond donors (Lipinski definition) is 0. The van der Waals surface area contributed by atoms with E-state index < -0.39 is 0 Å². The molecule has 5 nitrogen and oxygen atoms in total. The van der Waals surface area contributed by atoms with E-state index in [1.807, 2.05) is 30.0 Å². The molecule has 1 aromatic carbocycles. The van der Waals surface area contributed by atoms with Crippen LogP contribution in [0.1, 0.15) is 25.3 Å². The van der Waals surface area contributed by atoms with Gasteiger partial charge in [-0.3, -0.25) is 4.79 Å². The lowest BCUT2D eigenvalue weighted by molar-refractivity contribution is -0.129. The molecule has 0 spiro atoms. The molecule has 1 saturated heterocycles. The van der Waals surface area contributed by atoms with Crippen molar-refractivity contribution in [2.24, 2.45) is 0 Å². The molecule has 1 atom stereocenters. The lowest BCUT2D eigenvalue weighted by Crippen LogP contribution is -2.42. The molecule has 1 amide bonds. The topological polar surface area (TPSA) is 62.6 Å². The van der Waals surface area contributed by atoms with E-state index >= 15 is 0 Å². The van der Waals surface area contributed by atoms with Crippen molar-refractivity contribution in [1.29, 1.82) is 5.26 Å². The molecule has 0 radical (unpaired) electrons. The predicted molar refractivity (Wildman–Crippen MR) is 87.8 cm³/mol. The number of carbonyl (C=O) groups excluding carboxylic acids is 1. The molecule has 5 heteroatoms. The van der Waals surface area contributed by atoms with Gasteiger partial charge in [0.05, 0.1) is 6.10 Å². The highest BCUT2D eigenvalue weighted by Gasteiger charge is 2.22. The van der Waals surface area contributed by atoms with Gasteiger partial charge in [0.25, 0.3) is 0 Å². The van der Waals surface area contributed by atoms with Crippen molar-refractivity contribution in [3.05, 3.63) is 35.9 Å². The minimum absolute atomic E-state index is 0.0132. The normalized spacial score (nSPS) is 17.9. The first kappa shape index (κ1) is 17.0. The second-order valence-electron chi connectivity index (χ2n) is 5.35. The van der Waals surface area contributed by atoms with Gasteiger partial charge in [0, 0.05) is 25.8 Å². The monoisotopic (exact) mass is 314 g/mol. The summed E-state index contributed by atoms with van der Waals surface area (Å²) in [7, 11) is 0. The number of piperidine rings is 1. The first-order chi connectivity index (χ1) is 11.2. The molecule has 0 aromatic heterocycles. The van der Waals surface area contributed by atoms with Crippen LogP contribution in [0.15, 0.2) is 30.3 Å². The molecule has 1 heterocycles. The van der Waals surface area contributed by atoms with Crippen molar-refractivity contribution in [2.45, 2.75) is 25.9 Å². The Labute approximate surface area is 137 Å². The maximum atomic E-state index is 12.3. The van der Waals surface area contributed by atoms with Gasteiger partial charge in [-0.1, -0.05) is 12.1 Å². The summed E-state index contributed by atoms with van der Waals surface area (Å²) in [5, 5.41) is 8.47. The molecule has 0 saturated carbocycles. The van der Waals surface area contributed by atoms with E-state index in [1.165, 1.54) is 0 Å². The van der Waals surface area contributed by atoms with Gasteiger partial charge in [-0.05, 0) is 43.5 Å². The smallest absolute Gasteiger partial charge is 0.246 e. The van der Waals surface area contributed by atoms with Crippen LogP contribution in [0.2, 0.25) is 0 Å². The zero-order valence-electron chi connectivity index (χ0n) is 13.4. The van der Waals surface area contributed by atoms with Crippen LogP contribution in [0.4, 0.5) is 0 Å². The van der Waals surface area contributed by atoms with Crippen LogP contribution in [0.5, 0.6) is 5.75 Å². The van der Waals surface area contributed by atoms with Crippen molar-refractivity contribution < 1.29 is 14.3 Å². The summed E-state index contributed by atoms with van der Waals surface area (Å²) in [6.07, 6.45) is 5.54. The summed E-state index contributed by atoms with van der Waals surface area (Å²) >= 11 is 0. The van der Waals surface area contributed by atoms with E-state index in [2.05, 4.69) is 0 Å². The number of nitrogens with zero attached hydrogens (tertiary/aromatic N) is 2. The quantitative estimate of drug-likeness (QED) is 0.757. The van der Waals surface area contributed by atoms with Gasteiger partial charge < -0.3 is 14.4 Å². The average Bonchev–Trinajstić information content (AvgIpc) is 2.59. The van der Waals surface area contributed by atoms with E-state index in [4.69, 9.17) is 14.7 Å². The van der Waals surface area contributed by atoms with Gasteiger partial charge in [-0.15, -0.1) is 0 Å². The zero-order valence-corrected chi connectivity index (χ0v) is 13.4. The van der Waals surface area contributed by atoms with Crippen LogP contribution >= 0.6 is 0 Å². The molecule has 1 aliphatic rings. The van der Waals surface area contributed by atoms with Gasteiger partial charge in [-0.25, -0.2) is 0 Å². The van der Waals surface area contributed by atoms with Gasteiger partial charge in [0.15, 0.2) is 6.61 Å². The Morgan fingerprint density at radius 2 is 2.22 bits per heavy atom. The maximum Gasteiger partial charge on any atom is 0.246 e. The van der Waals surface area contributed by atoms with Crippen LogP contribution < -0.4 is 4.74 Å². The molecular weight excluding hydrogens is 292 g/mol. The first-order valence-electron chi connectivity index (χ1n) is 7.91. The highest BCUT2D eigenvalue weighted by molar-refractivity contribution is 5.91. The Morgan fingerprint density at radius 3 is 2.91 bits per heavy atom. The van der Waals surface area contributed by atoms with Crippen LogP contribution in [0, 0.1) is 11.3 Å². The number of ether oxygens (including phenoxy) is 2. The zero-order chi connectivity index (χ0) is 16.5. The van der Waals surface area contributed by atoms with Crippen molar-refractivity contribution in [2.75, 3.05) is 26.3 Å². The number of amides is 1. The third-order valence-corrected chi connectivity index (χ3v) is 3.69. The van der Waals surface area contributed by atoms with E-state index in [-0.39, 0.29) is 18.6 Å². The number of carbonyl (C=O) groups is 1. The van der Waals surface area contributed by atoms with Crippen LogP contribution in [-0.4, -0.2) is 43.2 Å². The fourth-order valence-corrected chi connectivity index (χ4v) is 2.57. The Hall–Kier alpha value is -2.32. The summed E-state index contributed by atoms with van der Waals surface area (Å²) in [6, 6.07) is 9.21. The van der Waals surface area contributed by atoms with Gasteiger partial charge >= 0.3 is 0 Å². The minimum atomic E-state index is 0.0132. The highest BCUT2D eigenvalue weighted by atomic mass is 16.5. The van der Waals surface area contributed by atoms with E-state index in [1.54, 1.807) is 24.3 Å². The van der Waals surface area contributed by atoms with E-state index in [0.717, 1.165) is 24.9 Å². The number of nitriles is 1. The maximum absolute atomic E-state index is 12.3. The molecule has 122 valence electrons. The molecule has 1 aromatic rings. The first-order valence-corrected chi connectivity index (χ1v) is 7.91. The average molecular weight is 314 g/mol. The minimum Gasteiger partial charge on any atom is -0.479 e. The van der Waals surface area contributed by atoms with Gasteiger partial charge in [0.2, 0.25) is 5.91 Å². The fraction of sp³-hybridized carbons (Fsp3) is 0.444. The molecule has 0 bridgehead atoms. The highest BCUT2D eigenvalue weighted by Crippen LogP contribution is 2.15. The summed E-state index contributed by atoms with van der Waals surface area (Å²) < 4.78 is 10.8. The van der Waals surface area contributed by atoms with Crippen molar-refractivity contribution in [3.63, 3.8) is 0 Å². The third kappa shape index (κ3) is 5.42. The second kappa shape index (κ2) is 8.96. The molecule has 1 unspecified atom stereocenters. The van der Waals surface area contributed by atoms with Crippen molar-refractivity contribution in [1.82, 2.24) is 4.90 Å². The van der Waals surface area contributed by atoms with Gasteiger partial charge in [0.1, 0.15) is 11.8 Å². The Bertz CT molecular complexity index is 573. The summed E-state index contributed by atoms with van der Waals surface area (Å²) in [6.45, 7) is 4.14. The predicted octanol–water partition coefficient (Wildman–Crippen LogP) is 2.63. The Balaban J connectivity index is 1.89. The lowest BCUT2D eigenvalue weighted by Gasteiger charge is -2.31. The van der Waals surface area contributed by atoms with E-state index in [0.29, 0.717) is 18.9 Å². The van der Waals surface area contributed by atoms with Crippen LogP contribution in [-0.2, 0) is 9.53 Å². The van der Waals surface area contributed by atoms with Crippen LogP contribution in [0.3, 0.4) is 0 Å². The molecular formula is C18H22N2O3. The number of hydrogen-bond acceptors (Lipinski definition) is 4. The molecule has 0 aliphatic carbocycles. The number of benzene rings is 1. The Morgan fingerprint density at radius 1 is 1.43 bits per heavy atom. The largest absolute Gasteiger partial charge is 0.479 e. The van der Waals surface area contributed by atoms with Crippen molar-refractivity contribution in [3.8, 4) is 11.8 Å². The Kier molecular flexibility index (Phi) is 6.64. The van der Waals surface area contributed by atoms with Gasteiger partial charge in [-0.2, -0.15) is 5.26 Å². The van der Waals surface area contributed by atoms with E-state index in [9.17, 15) is 4.79 Å². The summed E-state index contributed by atoms with van der Waals surface area (Å²) in [5.41, 5.74) is 0.918. The van der Waals surface area contributed by atoms with Crippen molar-refractivity contribution >= 4 is 12.0 Å². The summed E-state index contributed by atoms with van der Waals surface area (Å²) in [5.74, 6) is 0.657. The van der Waals surface area contributed by atoms with Crippen LogP contribution in [0.25, 0.3) is 6.08 Å². The number of rotatable bonds is 6. The summed E-state index contributed by atoms with van der Waals surface area (Å²) in [4.78, 5) is 14.1. The lowest BCUT2D eigenvalue weighted by atomic mass is 10.1.